The maximum absolute atomic E-state index is 12.5. The van der Waals surface area contributed by atoms with Gasteiger partial charge in [0.05, 0.1) is 12.1 Å². The van der Waals surface area contributed by atoms with Crippen LogP contribution in [0.15, 0.2) is 41.4 Å². The highest BCUT2D eigenvalue weighted by molar-refractivity contribution is 7.90. The zero-order chi connectivity index (χ0) is 13.6. The molecule has 0 radical (unpaired) electrons. The molecule has 0 bridgehead atoms. The minimum Gasteiger partial charge on any atom is -0.325 e. The molecule has 5 nitrogen and oxygen atoms in total. The van der Waals surface area contributed by atoms with E-state index in [9.17, 15) is 13.2 Å². The molecular formula is C12H9ClN2O3S. The van der Waals surface area contributed by atoms with Crippen molar-refractivity contribution in [3.05, 3.63) is 47.2 Å². The van der Waals surface area contributed by atoms with E-state index < -0.39 is 10.0 Å². The van der Waals surface area contributed by atoms with Crippen LogP contribution in [0.25, 0.3) is 0 Å². The van der Waals surface area contributed by atoms with E-state index in [1.54, 1.807) is 12.1 Å². The third kappa shape index (κ3) is 1.93. The second kappa shape index (κ2) is 4.11. The topological polar surface area (TPSA) is 68.2 Å². The van der Waals surface area contributed by atoms with Gasteiger partial charge in [0.15, 0.2) is 0 Å². The Hall–Kier alpha value is -1.79. The SMILES string of the molecule is O=C1Cc2cccn2S(=O)(=O)c2cc(Cl)ccc2N1. The van der Waals surface area contributed by atoms with Crippen LogP contribution in [0.5, 0.6) is 0 Å². The Bertz CT molecular complexity index is 780. The fourth-order valence-corrected chi connectivity index (χ4v) is 3.84. The summed E-state index contributed by atoms with van der Waals surface area (Å²) in [6.07, 6.45) is 1.43. The summed E-state index contributed by atoms with van der Waals surface area (Å²) in [5, 5.41) is 2.88. The van der Waals surface area contributed by atoms with E-state index >= 15 is 0 Å². The number of amides is 1. The second-order valence-electron chi connectivity index (χ2n) is 4.17. The second-order valence-corrected chi connectivity index (χ2v) is 6.39. The first kappa shape index (κ1) is 12.3. The fourth-order valence-electron chi connectivity index (χ4n) is 2.05. The van der Waals surface area contributed by atoms with Crippen LogP contribution in [-0.2, 0) is 21.2 Å². The van der Waals surface area contributed by atoms with Crippen LogP contribution in [-0.4, -0.2) is 18.3 Å². The van der Waals surface area contributed by atoms with Gasteiger partial charge in [-0.1, -0.05) is 11.6 Å². The minimum atomic E-state index is -3.75. The standard InChI is InChI=1S/C12H9ClN2O3S/c13-8-3-4-10-11(6-8)19(17,18)15-5-1-2-9(15)7-12(16)14-10/h1-6H,7H2,(H,14,16). The first-order valence-electron chi connectivity index (χ1n) is 5.50. The predicted octanol–water partition coefficient (Wildman–Crippen LogP) is 1.87. The average Bonchev–Trinajstić information content (AvgIpc) is 2.78. The smallest absolute Gasteiger partial charge is 0.269 e. The number of fused-ring (bicyclic) bond motifs is 2. The summed E-state index contributed by atoms with van der Waals surface area (Å²) in [6, 6.07) is 7.56. The molecule has 7 heteroatoms. The summed E-state index contributed by atoms with van der Waals surface area (Å²) in [5.41, 5.74) is 0.664. The van der Waals surface area contributed by atoms with Crippen molar-refractivity contribution >= 4 is 33.2 Å². The van der Waals surface area contributed by atoms with Crippen molar-refractivity contribution in [2.24, 2.45) is 0 Å². The highest BCUT2D eigenvalue weighted by Crippen LogP contribution is 2.29. The van der Waals surface area contributed by atoms with Gasteiger partial charge < -0.3 is 5.32 Å². The largest absolute Gasteiger partial charge is 0.325 e. The van der Waals surface area contributed by atoms with Gasteiger partial charge in [0.25, 0.3) is 10.0 Å². The van der Waals surface area contributed by atoms with Crippen molar-refractivity contribution in [1.82, 2.24) is 3.97 Å². The number of carbonyl (C=O) groups excluding carboxylic acids is 1. The molecule has 0 atom stereocenters. The van der Waals surface area contributed by atoms with Crippen LogP contribution in [0.2, 0.25) is 5.02 Å². The first-order valence-corrected chi connectivity index (χ1v) is 7.31. The first-order chi connectivity index (χ1) is 8.98. The van der Waals surface area contributed by atoms with Crippen LogP contribution in [0.3, 0.4) is 0 Å². The van der Waals surface area contributed by atoms with Crippen molar-refractivity contribution in [3.8, 4) is 0 Å². The number of aromatic nitrogens is 1. The number of anilines is 1. The van der Waals surface area contributed by atoms with E-state index in [4.69, 9.17) is 11.6 Å². The third-order valence-corrected chi connectivity index (χ3v) is 4.89. The van der Waals surface area contributed by atoms with Gasteiger partial charge in [-0.25, -0.2) is 12.4 Å². The predicted molar refractivity (Wildman–Crippen MR) is 70.8 cm³/mol. The average molecular weight is 297 g/mol. The Morgan fingerprint density at radius 1 is 1.26 bits per heavy atom. The molecular weight excluding hydrogens is 288 g/mol. The molecule has 1 aromatic heterocycles. The Labute approximate surface area is 114 Å². The quantitative estimate of drug-likeness (QED) is 0.807. The van der Waals surface area contributed by atoms with E-state index in [-0.39, 0.29) is 22.9 Å². The molecule has 1 amide bonds. The molecule has 1 N–H and O–H groups in total. The van der Waals surface area contributed by atoms with Crippen molar-refractivity contribution in [3.63, 3.8) is 0 Å². The molecule has 3 rings (SSSR count). The van der Waals surface area contributed by atoms with Gasteiger partial charge in [0.1, 0.15) is 4.90 Å². The molecule has 0 unspecified atom stereocenters. The maximum atomic E-state index is 12.5. The summed E-state index contributed by atoms with van der Waals surface area (Å²) >= 11 is 5.85. The Morgan fingerprint density at radius 3 is 2.84 bits per heavy atom. The molecule has 0 saturated heterocycles. The van der Waals surface area contributed by atoms with Crippen LogP contribution in [0, 0.1) is 0 Å². The highest BCUT2D eigenvalue weighted by atomic mass is 35.5. The van der Waals surface area contributed by atoms with Crippen molar-refractivity contribution < 1.29 is 13.2 Å². The van der Waals surface area contributed by atoms with Crippen LogP contribution in [0.1, 0.15) is 5.69 Å². The molecule has 0 aliphatic carbocycles. The highest BCUT2D eigenvalue weighted by Gasteiger charge is 2.27. The third-order valence-electron chi connectivity index (χ3n) is 2.89. The molecule has 0 spiro atoms. The fraction of sp³-hybridized carbons (Fsp3) is 0.0833. The molecule has 0 fully saturated rings. The number of nitrogens with one attached hydrogen (secondary N) is 1. The van der Waals surface area contributed by atoms with Crippen molar-refractivity contribution in [1.29, 1.82) is 0 Å². The summed E-state index contributed by atoms with van der Waals surface area (Å²) in [5.74, 6) is -0.265. The van der Waals surface area contributed by atoms with Gasteiger partial charge >= 0.3 is 0 Å². The number of rotatable bonds is 0. The lowest BCUT2D eigenvalue weighted by Crippen LogP contribution is -2.25. The maximum Gasteiger partial charge on any atom is 0.269 e. The molecule has 2 aromatic rings. The number of halogens is 1. The molecule has 0 saturated carbocycles. The van der Waals surface area contributed by atoms with E-state index in [2.05, 4.69) is 5.32 Å². The van der Waals surface area contributed by atoms with Gasteiger partial charge in [-0.2, -0.15) is 0 Å². The van der Waals surface area contributed by atoms with Gasteiger partial charge in [0, 0.05) is 16.9 Å². The summed E-state index contributed by atoms with van der Waals surface area (Å²) in [4.78, 5) is 11.8. The number of nitrogens with zero attached hydrogens (tertiary/aromatic N) is 1. The van der Waals surface area contributed by atoms with Gasteiger partial charge in [-0.3, -0.25) is 4.79 Å². The van der Waals surface area contributed by atoms with E-state index in [0.717, 1.165) is 3.97 Å². The Balaban J connectivity index is 2.35. The lowest BCUT2D eigenvalue weighted by atomic mass is 10.2. The molecule has 2 heterocycles. The number of hydrogen-bond acceptors (Lipinski definition) is 3. The van der Waals surface area contributed by atoms with Crippen LogP contribution >= 0.6 is 11.6 Å². The molecule has 98 valence electrons. The Morgan fingerprint density at radius 2 is 2.05 bits per heavy atom. The van der Waals surface area contributed by atoms with E-state index in [0.29, 0.717) is 10.7 Å². The van der Waals surface area contributed by atoms with Gasteiger partial charge in [-0.15, -0.1) is 0 Å². The molecule has 19 heavy (non-hydrogen) atoms. The van der Waals surface area contributed by atoms with Gasteiger partial charge in [0.2, 0.25) is 5.91 Å². The summed E-state index contributed by atoms with van der Waals surface area (Å²) in [6.45, 7) is 0. The van der Waals surface area contributed by atoms with Crippen molar-refractivity contribution in [2.75, 3.05) is 5.32 Å². The van der Waals surface area contributed by atoms with Crippen LogP contribution in [0.4, 0.5) is 5.69 Å². The number of benzene rings is 1. The number of hydrogen-bond donors (Lipinski definition) is 1. The van der Waals surface area contributed by atoms with Crippen LogP contribution < -0.4 is 5.32 Å². The van der Waals surface area contributed by atoms with E-state index in [1.165, 1.54) is 24.4 Å². The monoisotopic (exact) mass is 296 g/mol. The minimum absolute atomic E-state index is 0.00823. The summed E-state index contributed by atoms with van der Waals surface area (Å²) in [7, 11) is -3.75. The lowest BCUT2D eigenvalue weighted by molar-refractivity contribution is -0.115. The lowest BCUT2D eigenvalue weighted by Gasteiger charge is -2.18. The molecule has 1 aliphatic heterocycles. The van der Waals surface area contributed by atoms with Crippen molar-refractivity contribution in [2.45, 2.75) is 11.3 Å². The number of carbonyl (C=O) groups is 1. The summed E-state index contributed by atoms with van der Waals surface area (Å²) < 4.78 is 26.2. The van der Waals surface area contributed by atoms with E-state index in [1.807, 2.05) is 0 Å². The normalized spacial score (nSPS) is 16.8. The molecule has 1 aromatic carbocycles. The zero-order valence-electron chi connectivity index (χ0n) is 9.63. The molecule has 1 aliphatic rings. The Kier molecular flexibility index (Phi) is 2.65. The zero-order valence-corrected chi connectivity index (χ0v) is 11.2. The van der Waals surface area contributed by atoms with Gasteiger partial charge in [-0.05, 0) is 30.3 Å².